The topological polar surface area (TPSA) is 72.7 Å². The van der Waals surface area contributed by atoms with Gasteiger partial charge in [-0.25, -0.2) is 0 Å². The van der Waals surface area contributed by atoms with E-state index in [2.05, 4.69) is 32.0 Å². The van der Waals surface area contributed by atoms with Crippen molar-refractivity contribution in [3.63, 3.8) is 0 Å². The van der Waals surface area contributed by atoms with Crippen molar-refractivity contribution in [2.45, 2.75) is 50.7 Å². The highest BCUT2D eigenvalue weighted by atomic mass is 32.2. The number of carbonyl (C=O) groups excluding carboxylic acids is 1. The largest absolute Gasteiger partial charge is 0.325 e. The number of anilines is 1. The molecule has 1 aliphatic carbocycles. The highest BCUT2D eigenvalue weighted by molar-refractivity contribution is 7.99. The van der Waals surface area contributed by atoms with Gasteiger partial charge in [0.15, 0.2) is 11.0 Å². The number of benzene rings is 1. The summed E-state index contributed by atoms with van der Waals surface area (Å²) in [5.74, 6) is 1.64. The van der Waals surface area contributed by atoms with Gasteiger partial charge < -0.3 is 5.32 Å². The van der Waals surface area contributed by atoms with Crippen molar-refractivity contribution in [2.24, 2.45) is 5.92 Å². The number of nitrogens with one attached hydrogen (secondary N) is 1. The maximum Gasteiger partial charge on any atom is 0.234 e. The van der Waals surface area contributed by atoms with E-state index in [1.54, 1.807) is 6.20 Å². The van der Waals surface area contributed by atoms with Gasteiger partial charge in [-0.15, -0.1) is 10.2 Å². The normalized spacial score (nSPS) is 18.9. The third kappa shape index (κ3) is 4.56. The Morgan fingerprint density at radius 2 is 2.00 bits per heavy atom. The number of hydrogen-bond acceptors (Lipinski definition) is 5. The lowest BCUT2D eigenvalue weighted by Gasteiger charge is -2.31. The zero-order chi connectivity index (χ0) is 20.9. The van der Waals surface area contributed by atoms with Crippen LogP contribution in [0.1, 0.15) is 44.2 Å². The summed E-state index contributed by atoms with van der Waals surface area (Å²) in [7, 11) is 0. The molecule has 2 atom stereocenters. The fourth-order valence-electron chi connectivity index (χ4n) is 4.08. The Morgan fingerprint density at radius 1 is 1.17 bits per heavy atom. The van der Waals surface area contributed by atoms with Gasteiger partial charge in [0.1, 0.15) is 0 Å². The van der Waals surface area contributed by atoms with E-state index in [4.69, 9.17) is 0 Å². The van der Waals surface area contributed by atoms with E-state index in [-0.39, 0.29) is 5.91 Å². The first-order chi connectivity index (χ1) is 14.6. The number of carbonyl (C=O) groups is 1. The van der Waals surface area contributed by atoms with E-state index in [0.717, 1.165) is 34.2 Å². The van der Waals surface area contributed by atoms with E-state index in [9.17, 15) is 4.79 Å². The van der Waals surface area contributed by atoms with Crippen LogP contribution in [0.25, 0.3) is 11.4 Å². The van der Waals surface area contributed by atoms with Crippen LogP contribution in [0, 0.1) is 12.8 Å². The van der Waals surface area contributed by atoms with Crippen LogP contribution in [0.15, 0.2) is 53.9 Å². The fraction of sp³-hybridized carbons (Fsp3) is 0.391. The smallest absolute Gasteiger partial charge is 0.234 e. The standard InChI is InChI=1S/C23H27N5OS/c1-16-8-3-5-11-19(16)25-21(29)15-30-23-27-26-22(18-10-7-13-24-14-18)28(23)20-12-6-4-9-17(20)2/h3,5,7-8,10-11,13-14,17,20H,4,6,9,12,15H2,1-2H3,(H,25,29)/t17-,20-/m0/s1. The summed E-state index contributed by atoms with van der Waals surface area (Å²) in [6, 6.07) is 12.1. The number of pyridine rings is 1. The van der Waals surface area contributed by atoms with Crippen molar-refractivity contribution < 1.29 is 4.79 Å². The van der Waals surface area contributed by atoms with Gasteiger partial charge in [0.05, 0.1) is 5.75 Å². The van der Waals surface area contributed by atoms with Crippen molar-refractivity contribution in [2.75, 3.05) is 11.1 Å². The van der Waals surface area contributed by atoms with Gasteiger partial charge in [-0.2, -0.15) is 0 Å². The Morgan fingerprint density at radius 3 is 2.77 bits per heavy atom. The molecule has 0 saturated heterocycles. The summed E-state index contributed by atoms with van der Waals surface area (Å²) in [4.78, 5) is 16.8. The Bertz CT molecular complexity index is 1000. The first-order valence-electron chi connectivity index (χ1n) is 10.5. The van der Waals surface area contributed by atoms with E-state index >= 15 is 0 Å². The first kappa shape index (κ1) is 20.6. The second kappa shape index (κ2) is 9.43. The van der Waals surface area contributed by atoms with Crippen molar-refractivity contribution in [1.29, 1.82) is 0 Å². The van der Waals surface area contributed by atoms with Gasteiger partial charge in [0.25, 0.3) is 0 Å². The van der Waals surface area contributed by atoms with Crippen molar-refractivity contribution in [3.8, 4) is 11.4 Å². The zero-order valence-corrected chi connectivity index (χ0v) is 18.2. The summed E-state index contributed by atoms with van der Waals surface area (Å²) in [5, 5.41) is 12.8. The molecule has 6 nitrogen and oxygen atoms in total. The molecule has 2 aromatic heterocycles. The molecule has 1 N–H and O–H groups in total. The van der Waals surface area contributed by atoms with Crippen LogP contribution in [0.5, 0.6) is 0 Å². The van der Waals surface area contributed by atoms with E-state index in [0.29, 0.717) is 17.7 Å². The quantitative estimate of drug-likeness (QED) is 0.559. The molecule has 156 valence electrons. The van der Waals surface area contributed by atoms with Crippen LogP contribution in [0.3, 0.4) is 0 Å². The molecule has 0 bridgehead atoms. The highest BCUT2D eigenvalue weighted by Gasteiger charge is 2.29. The molecule has 0 unspecified atom stereocenters. The number of nitrogens with zero attached hydrogens (tertiary/aromatic N) is 4. The summed E-state index contributed by atoms with van der Waals surface area (Å²) < 4.78 is 2.24. The average Bonchev–Trinajstić information content (AvgIpc) is 3.18. The van der Waals surface area contributed by atoms with Crippen LogP contribution in [-0.2, 0) is 4.79 Å². The van der Waals surface area contributed by atoms with Crippen LogP contribution < -0.4 is 5.32 Å². The minimum absolute atomic E-state index is 0.0385. The lowest BCUT2D eigenvalue weighted by atomic mass is 9.85. The molecule has 0 aliphatic heterocycles. The lowest BCUT2D eigenvalue weighted by Crippen LogP contribution is -2.23. The van der Waals surface area contributed by atoms with Gasteiger partial charge in [0.2, 0.25) is 5.91 Å². The molecule has 3 aromatic rings. The molecule has 30 heavy (non-hydrogen) atoms. The molecule has 1 saturated carbocycles. The molecule has 0 radical (unpaired) electrons. The molecule has 7 heteroatoms. The molecule has 1 fully saturated rings. The van der Waals surface area contributed by atoms with Gasteiger partial charge in [-0.05, 0) is 49.4 Å². The van der Waals surface area contributed by atoms with Gasteiger partial charge in [-0.1, -0.05) is 49.7 Å². The molecule has 1 aliphatic rings. The van der Waals surface area contributed by atoms with Crippen LogP contribution in [0.4, 0.5) is 5.69 Å². The predicted octanol–water partition coefficient (Wildman–Crippen LogP) is 5.13. The number of hydrogen-bond donors (Lipinski definition) is 1. The lowest BCUT2D eigenvalue weighted by molar-refractivity contribution is -0.113. The molecular weight excluding hydrogens is 394 g/mol. The monoisotopic (exact) mass is 421 g/mol. The van der Waals surface area contributed by atoms with Crippen LogP contribution >= 0.6 is 11.8 Å². The third-order valence-electron chi connectivity index (χ3n) is 5.73. The SMILES string of the molecule is Cc1ccccc1NC(=O)CSc1nnc(-c2cccnc2)n1[C@H]1CCCC[C@@H]1C. The summed E-state index contributed by atoms with van der Waals surface area (Å²) in [5.41, 5.74) is 2.86. The number of para-hydroxylation sites is 1. The summed E-state index contributed by atoms with van der Waals surface area (Å²) in [6.45, 7) is 4.29. The van der Waals surface area contributed by atoms with Crippen LogP contribution in [0.2, 0.25) is 0 Å². The van der Waals surface area contributed by atoms with E-state index < -0.39 is 0 Å². The molecule has 2 heterocycles. The van der Waals surface area contributed by atoms with Crippen molar-refractivity contribution in [3.05, 3.63) is 54.4 Å². The van der Waals surface area contributed by atoms with Gasteiger partial charge in [-0.3, -0.25) is 14.3 Å². The maximum atomic E-state index is 12.6. The van der Waals surface area contributed by atoms with Gasteiger partial charge >= 0.3 is 0 Å². The van der Waals surface area contributed by atoms with Crippen LogP contribution in [-0.4, -0.2) is 31.4 Å². The Balaban J connectivity index is 1.56. The van der Waals surface area contributed by atoms with Gasteiger partial charge in [0, 0.05) is 29.7 Å². The van der Waals surface area contributed by atoms with E-state index in [1.807, 2.05) is 49.5 Å². The average molecular weight is 422 g/mol. The Kier molecular flexibility index (Phi) is 6.47. The minimum atomic E-state index is -0.0385. The summed E-state index contributed by atoms with van der Waals surface area (Å²) in [6.07, 6.45) is 8.37. The fourth-order valence-corrected chi connectivity index (χ4v) is 4.87. The molecule has 1 amide bonds. The predicted molar refractivity (Wildman–Crippen MR) is 120 cm³/mol. The Hall–Kier alpha value is -2.67. The number of rotatable bonds is 6. The van der Waals surface area contributed by atoms with Crippen molar-refractivity contribution in [1.82, 2.24) is 19.7 Å². The molecule has 1 aromatic carbocycles. The number of amides is 1. The maximum absolute atomic E-state index is 12.6. The van der Waals surface area contributed by atoms with E-state index in [1.165, 1.54) is 31.0 Å². The number of aryl methyl sites for hydroxylation is 1. The summed E-state index contributed by atoms with van der Waals surface area (Å²) >= 11 is 1.45. The number of aromatic nitrogens is 4. The highest BCUT2D eigenvalue weighted by Crippen LogP contribution is 2.38. The zero-order valence-electron chi connectivity index (χ0n) is 17.4. The molecular formula is C23H27N5OS. The minimum Gasteiger partial charge on any atom is -0.325 e. The first-order valence-corrected chi connectivity index (χ1v) is 11.5. The third-order valence-corrected chi connectivity index (χ3v) is 6.68. The molecule has 0 spiro atoms. The second-order valence-electron chi connectivity index (χ2n) is 7.90. The number of thioether (sulfide) groups is 1. The second-order valence-corrected chi connectivity index (χ2v) is 8.84. The van der Waals surface area contributed by atoms with Crippen molar-refractivity contribution >= 4 is 23.4 Å². The Labute approximate surface area is 181 Å². The molecule has 4 rings (SSSR count).